The molecule has 0 aliphatic heterocycles. The predicted molar refractivity (Wildman–Crippen MR) is 113 cm³/mol. The van der Waals surface area contributed by atoms with Crippen molar-refractivity contribution in [1.82, 2.24) is 5.32 Å². The van der Waals surface area contributed by atoms with Crippen molar-refractivity contribution in [3.05, 3.63) is 89.4 Å². The molecule has 1 unspecified atom stereocenters. The van der Waals surface area contributed by atoms with Crippen LogP contribution in [-0.4, -0.2) is 19.1 Å². The summed E-state index contributed by atoms with van der Waals surface area (Å²) in [6.45, 7) is 6.42. The van der Waals surface area contributed by atoms with Crippen molar-refractivity contribution >= 4 is 5.91 Å². The van der Waals surface area contributed by atoms with Gasteiger partial charge in [-0.15, -0.1) is 0 Å². The molecule has 5 nitrogen and oxygen atoms in total. The second-order valence-electron chi connectivity index (χ2n) is 7.45. The number of rotatable bonds is 9. The molecule has 1 aromatic heterocycles. The average Bonchev–Trinajstić information content (AvgIpc) is 3.21. The van der Waals surface area contributed by atoms with Crippen LogP contribution in [0.15, 0.2) is 71.1 Å². The Morgan fingerprint density at radius 2 is 1.76 bits per heavy atom. The fraction of sp³-hybridized carbons (Fsp3) is 0.292. The molecular weight excluding hydrogens is 364 g/mol. The number of ether oxygens (including phenoxy) is 1. The number of carbonyl (C=O) groups excluding carboxylic acids is 1. The number of furan rings is 1. The fourth-order valence-corrected chi connectivity index (χ4v) is 3.20. The number of hydrogen-bond donors (Lipinski definition) is 2. The molecule has 0 aliphatic carbocycles. The number of methoxy groups -OCH3 is 1. The van der Waals surface area contributed by atoms with Gasteiger partial charge < -0.3 is 19.4 Å². The molecular formula is C24H29N2O3+. The van der Waals surface area contributed by atoms with Crippen molar-refractivity contribution in [2.24, 2.45) is 0 Å². The molecule has 0 fully saturated rings. The summed E-state index contributed by atoms with van der Waals surface area (Å²) < 4.78 is 11.2. The van der Waals surface area contributed by atoms with Crippen LogP contribution < -0.4 is 15.0 Å². The summed E-state index contributed by atoms with van der Waals surface area (Å²) >= 11 is 0. The zero-order valence-electron chi connectivity index (χ0n) is 17.3. The first kappa shape index (κ1) is 20.7. The Balaban J connectivity index is 1.61. The van der Waals surface area contributed by atoms with Crippen molar-refractivity contribution in [2.75, 3.05) is 7.11 Å². The van der Waals surface area contributed by atoms with E-state index >= 15 is 0 Å². The molecule has 0 saturated carbocycles. The molecule has 2 aromatic carbocycles. The molecule has 1 amide bonds. The van der Waals surface area contributed by atoms with E-state index in [2.05, 4.69) is 31.3 Å². The van der Waals surface area contributed by atoms with Gasteiger partial charge in [-0.25, -0.2) is 0 Å². The maximum Gasteiger partial charge on any atom is 0.287 e. The molecule has 0 saturated heterocycles. The Kier molecular flexibility index (Phi) is 7.09. The molecule has 0 spiro atoms. The minimum Gasteiger partial charge on any atom is -0.497 e. The zero-order valence-corrected chi connectivity index (χ0v) is 17.3. The van der Waals surface area contributed by atoms with E-state index in [9.17, 15) is 4.79 Å². The summed E-state index contributed by atoms with van der Waals surface area (Å²) in [5, 5.41) is 2.90. The fourth-order valence-electron chi connectivity index (χ4n) is 3.20. The lowest BCUT2D eigenvalue weighted by Crippen LogP contribution is -3.12. The Labute approximate surface area is 172 Å². The molecule has 1 heterocycles. The molecule has 0 aliphatic rings. The summed E-state index contributed by atoms with van der Waals surface area (Å²) in [6, 6.07) is 22.0. The van der Waals surface area contributed by atoms with Gasteiger partial charge in [0.05, 0.1) is 13.2 Å². The van der Waals surface area contributed by atoms with Crippen molar-refractivity contribution in [2.45, 2.75) is 39.5 Å². The third-order valence-corrected chi connectivity index (χ3v) is 4.96. The van der Waals surface area contributed by atoms with Gasteiger partial charge in [-0.1, -0.05) is 42.5 Å². The minimum absolute atomic E-state index is 0.195. The average molecular weight is 394 g/mol. The van der Waals surface area contributed by atoms with Crippen LogP contribution in [-0.2, 0) is 19.6 Å². The molecule has 152 valence electrons. The van der Waals surface area contributed by atoms with E-state index in [0.29, 0.717) is 24.9 Å². The highest BCUT2D eigenvalue weighted by atomic mass is 16.5. The van der Waals surface area contributed by atoms with Crippen LogP contribution in [0.1, 0.15) is 41.3 Å². The first-order chi connectivity index (χ1) is 14.0. The van der Waals surface area contributed by atoms with E-state index in [1.807, 2.05) is 48.5 Å². The van der Waals surface area contributed by atoms with Crippen LogP contribution in [0.2, 0.25) is 0 Å². The number of quaternary nitrogens is 1. The van der Waals surface area contributed by atoms with E-state index < -0.39 is 0 Å². The number of hydrogen-bond acceptors (Lipinski definition) is 3. The minimum atomic E-state index is -0.195. The third-order valence-electron chi connectivity index (χ3n) is 4.96. The highest BCUT2D eigenvalue weighted by molar-refractivity contribution is 5.91. The van der Waals surface area contributed by atoms with Gasteiger partial charge in [-0.3, -0.25) is 4.79 Å². The van der Waals surface area contributed by atoms with Crippen LogP contribution in [0.5, 0.6) is 5.75 Å². The maximum absolute atomic E-state index is 12.4. The second kappa shape index (κ2) is 9.94. The standard InChI is InChI=1S/C24H28N2O3/c1-18(2)26(16-20-10-7-11-21(14-20)28-3)17-22-12-13-23(29-22)24(27)25-15-19-8-5-4-6-9-19/h4-14,18H,15-17H2,1-3H3,(H,25,27)/p+1. The number of nitrogens with one attached hydrogen (secondary N) is 2. The molecule has 0 bridgehead atoms. The van der Waals surface area contributed by atoms with E-state index in [0.717, 1.165) is 23.6 Å². The van der Waals surface area contributed by atoms with Crippen LogP contribution >= 0.6 is 0 Å². The number of benzene rings is 2. The lowest BCUT2D eigenvalue weighted by atomic mass is 10.1. The summed E-state index contributed by atoms with van der Waals surface area (Å²) in [6.07, 6.45) is 0. The van der Waals surface area contributed by atoms with Crippen LogP contribution in [0.3, 0.4) is 0 Å². The monoisotopic (exact) mass is 393 g/mol. The Hall–Kier alpha value is -3.05. The molecule has 5 heteroatoms. The Morgan fingerprint density at radius 1 is 1.00 bits per heavy atom. The molecule has 1 atom stereocenters. The van der Waals surface area contributed by atoms with E-state index in [-0.39, 0.29) is 5.91 Å². The van der Waals surface area contributed by atoms with Crippen molar-refractivity contribution in [3.8, 4) is 5.75 Å². The smallest absolute Gasteiger partial charge is 0.287 e. The second-order valence-corrected chi connectivity index (χ2v) is 7.45. The van der Waals surface area contributed by atoms with Gasteiger partial charge in [-0.2, -0.15) is 0 Å². The van der Waals surface area contributed by atoms with E-state index in [1.54, 1.807) is 13.2 Å². The van der Waals surface area contributed by atoms with Crippen LogP contribution in [0.25, 0.3) is 0 Å². The molecule has 3 aromatic rings. The van der Waals surface area contributed by atoms with Crippen molar-refractivity contribution in [1.29, 1.82) is 0 Å². The van der Waals surface area contributed by atoms with Crippen LogP contribution in [0, 0.1) is 0 Å². The maximum atomic E-state index is 12.4. The van der Waals surface area contributed by atoms with Gasteiger partial charge in [0.15, 0.2) is 11.5 Å². The lowest BCUT2D eigenvalue weighted by molar-refractivity contribution is -0.949. The van der Waals surface area contributed by atoms with Crippen molar-refractivity contribution < 1.29 is 18.8 Å². The summed E-state index contributed by atoms with van der Waals surface area (Å²) in [4.78, 5) is 13.7. The third kappa shape index (κ3) is 5.96. The van der Waals surface area contributed by atoms with Crippen LogP contribution in [0.4, 0.5) is 0 Å². The SMILES string of the molecule is COc1cccc(C[NH+](Cc2ccc(C(=O)NCc3ccccc3)o2)C(C)C)c1. The zero-order chi connectivity index (χ0) is 20.6. The van der Waals surface area contributed by atoms with Gasteiger partial charge in [0.1, 0.15) is 18.8 Å². The Bertz CT molecular complexity index is 919. The molecule has 2 N–H and O–H groups in total. The molecule has 29 heavy (non-hydrogen) atoms. The van der Waals surface area contributed by atoms with Gasteiger partial charge in [0.2, 0.25) is 0 Å². The van der Waals surface area contributed by atoms with E-state index in [4.69, 9.17) is 9.15 Å². The summed E-state index contributed by atoms with van der Waals surface area (Å²) in [7, 11) is 1.68. The van der Waals surface area contributed by atoms with Gasteiger partial charge in [0, 0.05) is 12.1 Å². The quantitative estimate of drug-likeness (QED) is 0.587. The van der Waals surface area contributed by atoms with Gasteiger partial charge in [-0.05, 0) is 43.7 Å². The van der Waals surface area contributed by atoms with Gasteiger partial charge in [0.25, 0.3) is 5.91 Å². The summed E-state index contributed by atoms with van der Waals surface area (Å²) in [5.41, 5.74) is 2.27. The predicted octanol–water partition coefficient (Wildman–Crippen LogP) is 3.21. The largest absolute Gasteiger partial charge is 0.497 e. The first-order valence-electron chi connectivity index (χ1n) is 9.93. The number of amides is 1. The lowest BCUT2D eigenvalue weighted by Gasteiger charge is -2.22. The van der Waals surface area contributed by atoms with Gasteiger partial charge >= 0.3 is 0 Å². The Morgan fingerprint density at radius 3 is 2.48 bits per heavy atom. The first-order valence-corrected chi connectivity index (χ1v) is 9.93. The highest BCUT2D eigenvalue weighted by Crippen LogP contribution is 2.12. The normalized spacial score (nSPS) is 12.0. The number of carbonyl (C=O) groups is 1. The summed E-state index contributed by atoms with van der Waals surface area (Å²) in [5.74, 6) is 1.82. The molecule has 3 rings (SSSR count). The highest BCUT2D eigenvalue weighted by Gasteiger charge is 2.19. The topological polar surface area (TPSA) is 55.9 Å². The van der Waals surface area contributed by atoms with E-state index in [1.165, 1.54) is 10.5 Å². The molecule has 0 radical (unpaired) electrons. The van der Waals surface area contributed by atoms with Crippen molar-refractivity contribution in [3.63, 3.8) is 0 Å².